The van der Waals surface area contributed by atoms with E-state index >= 15 is 0 Å². The summed E-state index contributed by atoms with van der Waals surface area (Å²) in [6.45, 7) is 4.93. The highest BCUT2D eigenvalue weighted by Crippen LogP contribution is 2.25. The maximum atomic E-state index is 12.8. The number of likely N-dealkylation sites (N-methyl/N-ethyl adjacent to an activating group) is 1. The molecule has 4 nitrogen and oxygen atoms in total. The summed E-state index contributed by atoms with van der Waals surface area (Å²) in [7, 11) is 4.07. The SMILES string of the molecule is CC1CNC(CN(C)C)C(=O)N(C2CCCCC2)C1. The van der Waals surface area contributed by atoms with E-state index in [-0.39, 0.29) is 6.04 Å². The maximum absolute atomic E-state index is 12.8. The highest BCUT2D eigenvalue weighted by atomic mass is 16.2. The zero-order valence-electron chi connectivity index (χ0n) is 12.7. The van der Waals surface area contributed by atoms with E-state index in [1.54, 1.807) is 0 Å². The number of carbonyl (C=O) groups excluding carboxylic acids is 1. The molecule has 2 atom stereocenters. The number of rotatable bonds is 3. The Kier molecular flexibility index (Phi) is 5.22. The van der Waals surface area contributed by atoms with Crippen LogP contribution in [0.4, 0.5) is 0 Å². The first-order valence-electron chi connectivity index (χ1n) is 7.76. The van der Waals surface area contributed by atoms with Gasteiger partial charge in [0, 0.05) is 25.7 Å². The zero-order valence-corrected chi connectivity index (χ0v) is 12.7. The lowest BCUT2D eigenvalue weighted by Gasteiger charge is -2.36. The second-order valence-corrected chi connectivity index (χ2v) is 6.61. The Balaban J connectivity index is 2.07. The molecular formula is C15H29N3O. The van der Waals surface area contributed by atoms with E-state index in [4.69, 9.17) is 0 Å². The van der Waals surface area contributed by atoms with Crippen molar-refractivity contribution in [2.75, 3.05) is 33.7 Å². The number of nitrogens with one attached hydrogen (secondary N) is 1. The van der Waals surface area contributed by atoms with Crippen molar-refractivity contribution in [1.82, 2.24) is 15.1 Å². The lowest BCUT2D eigenvalue weighted by molar-refractivity contribution is -0.136. The fraction of sp³-hybridized carbons (Fsp3) is 0.933. The summed E-state index contributed by atoms with van der Waals surface area (Å²) in [5.74, 6) is 0.878. The van der Waals surface area contributed by atoms with Crippen molar-refractivity contribution in [3.05, 3.63) is 0 Å². The van der Waals surface area contributed by atoms with Crippen molar-refractivity contribution in [2.45, 2.75) is 51.1 Å². The van der Waals surface area contributed by atoms with Crippen molar-refractivity contribution in [3.63, 3.8) is 0 Å². The van der Waals surface area contributed by atoms with Gasteiger partial charge in [-0.3, -0.25) is 4.79 Å². The number of carbonyl (C=O) groups is 1. The molecule has 1 amide bonds. The lowest BCUT2D eigenvalue weighted by Crippen LogP contribution is -2.52. The van der Waals surface area contributed by atoms with Gasteiger partial charge < -0.3 is 15.1 Å². The fourth-order valence-electron chi connectivity index (χ4n) is 3.35. The first-order chi connectivity index (χ1) is 9.08. The molecule has 1 aliphatic carbocycles. The van der Waals surface area contributed by atoms with E-state index < -0.39 is 0 Å². The van der Waals surface area contributed by atoms with Crippen LogP contribution in [-0.4, -0.2) is 61.5 Å². The minimum Gasteiger partial charge on any atom is -0.338 e. The normalized spacial score (nSPS) is 30.7. The second-order valence-electron chi connectivity index (χ2n) is 6.61. The molecule has 4 heteroatoms. The number of nitrogens with zero attached hydrogens (tertiary/aromatic N) is 2. The molecule has 19 heavy (non-hydrogen) atoms. The molecule has 0 aromatic rings. The van der Waals surface area contributed by atoms with E-state index in [1.165, 1.54) is 32.1 Å². The van der Waals surface area contributed by atoms with Gasteiger partial charge in [-0.1, -0.05) is 26.2 Å². The Morgan fingerprint density at radius 2 is 1.95 bits per heavy atom. The highest BCUT2D eigenvalue weighted by Gasteiger charge is 2.34. The number of hydrogen-bond donors (Lipinski definition) is 1. The molecule has 1 saturated carbocycles. The largest absolute Gasteiger partial charge is 0.338 e. The summed E-state index contributed by atoms with van der Waals surface area (Å²) in [5, 5.41) is 3.45. The van der Waals surface area contributed by atoms with Crippen LogP contribution in [0, 0.1) is 5.92 Å². The smallest absolute Gasteiger partial charge is 0.241 e. The van der Waals surface area contributed by atoms with Gasteiger partial charge in [0.25, 0.3) is 0 Å². The van der Waals surface area contributed by atoms with Crippen molar-refractivity contribution in [2.24, 2.45) is 5.92 Å². The number of amides is 1. The molecule has 1 aliphatic heterocycles. The van der Waals surface area contributed by atoms with Crippen LogP contribution in [0.15, 0.2) is 0 Å². The van der Waals surface area contributed by atoms with Gasteiger partial charge in [-0.25, -0.2) is 0 Å². The van der Waals surface area contributed by atoms with Gasteiger partial charge in [0.05, 0.1) is 6.04 Å². The van der Waals surface area contributed by atoms with Crippen molar-refractivity contribution < 1.29 is 4.79 Å². The third-order valence-electron chi connectivity index (χ3n) is 4.37. The molecule has 1 heterocycles. The minimum atomic E-state index is -0.0260. The molecule has 0 spiro atoms. The monoisotopic (exact) mass is 267 g/mol. The second kappa shape index (κ2) is 6.71. The summed E-state index contributed by atoms with van der Waals surface area (Å²) in [4.78, 5) is 17.1. The van der Waals surface area contributed by atoms with E-state index in [0.717, 1.165) is 19.6 Å². The molecule has 0 aromatic heterocycles. The Morgan fingerprint density at radius 3 is 2.58 bits per heavy atom. The standard InChI is InChI=1S/C15H29N3O/c1-12-9-16-14(11-17(2)3)15(19)18(10-12)13-7-5-4-6-8-13/h12-14,16H,4-11H2,1-3H3. The van der Waals surface area contributed by atoms with E-state index in [2.05, 4.69) is 22.0 Å². The van der Waals surface area contributed by atoms with Gasteiger partial charge in [-0.05, 0) is 32.9 Å². The van der Waals surface area contributed by atoms with Crippen LogP contribution < -0.4 is 5.32 Å². The highest BCUT2D eigenvalue weighted by molar-refractivity contribution is 5.82. The van der Waals surface area contributed by atoms with Crippen LogP contribution in [0.5, 0.6) is 0 Å². The molecular weight excluding hydrogens is 238 g/mol. The van der Waals surface area contributed by atoms with Crippen molar-refractivity contribution in [3.8, 4) is 0 Å². The molecule has 2 fully saturated rings. The molecule has 0 bridgehead atoms. The molecule has 2 unspecified atom stereocenters. The predicted octanol–water partition coefficient (Wildman–Crippen LogP) is 1.32. The Labute approximate surface area is 117 Å². The van der Waals surface area contributed by atoms with E-state index in [0.29, 0.717) is 17.9 Å². The summed E-state index contributed by atoms with van der Waals surface area (Å²) >= 11 is 0. The Morgan fingerprint density at radius 1 is 1.26 bits per heavy atom. The van der Waals surface area contributed by atoms with Gasteiger partial charge in [0.15, 0.2) is 0 Å². The van der Waals surface area contributed by atoms with Crippen LogP contribution in [-0.2, 0) is 4.79 Å². The Bertz CT molecular complexity index is 300. The summed E-state index contributed by atoms with van der Waals surface area (Å²) < 4.78 is 0. The zero-order chi connectivity index (χ0) is 13.8. The molecule has 2 rings (SSSR count). The first kappa shape index (κ1) is 14.8. The number of hydrogen-bond acceptors (Lipinski definition) is 3. The topological polar surface area (TPSA) is 35.6 Å². The van der Waals surface area contributed by atoms with Crippen molar-refractivity contribution in [1.29, 1.82) is 0 Å². The van der Waals surface area contributed by atoms with E-state index in [9.17, 15) is 4.79 Å². The van der Waals surface area contributed by atoms with Gasteiger partial charge >= 0.3 is 0 Å². The maximum Gasteiger partial charge on any atom is 0.241 e. The summed E-state index contributed by atoms with van der Waals surface area (Å²) in [6, 6.07) is 0.468. The molecule has 1 saturated heterocycles. The first-order valence-corrected chi connectivity index (χ1v) is 7.76. The summed E-state index contributed by atoms with van der Waals surface area (Å²) in [5.41, 5.74) is 0. The quantitative estimate of drug-likeness (QED) is 0.837. The molecule has 110 valence electrons. The predicted molar refractivity (Wildman–Crippen MR) is 78.1 cm³/mol. The summed E-state index contributed by atoms with van der Waals surface area (Å²) in [6.07, 6.45) is 6.32. The average molecular weight is 267 g/mol. The lowest BCUT2D eigenvalue weighted by atomic mass is 9.93. The Hall–Kier alpha value is -0.610. The van der Waals surface area contributed by atoms with Crippen LogP contribution in [0.2, 0.25) is 0 Å². The fourth-order valence-corrected chi connectivity index (χ4v) is 3.35. The van der Waals surface area contributed by atoms with Gasteiger partial charge in [0.1, 0.15) is 0 Å². The van der Waals surface area contributed by atoms with E-state index in [1.807, 2.05) is 14.1 Å². The van der Waals surface area contributed by atoms with Gasteiger partial charge in [0.2, 0.25) is 5.91 Å². The van der Waals surface area contributed by atoms with Crippen LogP contribution in [0.25, 0.3) is 0 Å². The molecule has 1 N–H and O–H groups in total. The minimum absolute atomic E-state index is 0.0260. The average Bonchev–Trinajstić information content (AvgIpc) is 2.52. The van der Waals surface area contributed by atoms with Crippen LogP contribution in [0.3, 0.4) is 0 Å². The molecule has 0 radical (unpaired) electrons. The van der Waals surface area contributed by atoms with Crippen molar-refractivity contribution >= 4 is 5.91 Å². The van der Waals surface area contributed by atoms with Gasteiger partial charge in [-0.2, -0.15) is 0 Å². The van der Waals surface area contributed by atoms with Crippen LogP contribution in [0.1, 0.15) is 39.0 Å². The third kappa shape index (κ3) is 3.93. The molecule has 0 aromatic carbocycles. The molecule has 2 aliphatic rings. The van der Waals surface area contributed by atoms with Crippen LogP contribution >= 0.6 is 0 Å². The third-order valence-corrected chi connectivity index (χ3v) is 4.37. The van der Waals surface area contributed by atoms with Gasteiger partial charge in [-0.15, -0.1) is 0 Å².